The summed E-state index contributed by atoms with van der Waals surface area (Å²) >= 11 is 1.67. The second-order valence-electron chi connectivity index (χ2n) is 7.24. The van der Waals surface area contributed by atoms with Gasteiger partial charge in [-0.15, -0.1) is 11.3 Å². The summed E-state index contributed by atoms with van der Waals surface area (Å²) in [5, 5.41) is 13.1. The molecule has 0 aliphatic carbocycles. The summed E-state index contributed by atoms with van der Waals surface area (Å²) in [6.07, 6.45) is 5.75. The Morgan fingerprint density at radius 3 is 2.93 bits per heavy atom. The van der Waals surface area contributed by atoms with Gasteiger partial charge in [0, 0.05) is 17.1 Å². The van der Waals surface area contributed by atoms with Crippen molar-refractivity contribution in [3.8, 4) is 5.69 Å². The highest BCUT2D eigenvalue weighted by molar-refractivity contribution is 7.19. The SMILES string of the molecule is Cc1cc2nc(N3CCC[C@H]3CO)nc(Nc3cn(-c4ccccc4)cn3)c2s1. The Kier molecular flexibility index (Phi) is 4.65. The molecule has 1 aromatic carbocycles. The van der Waals surface area contributed by atoms with Gasteiger partial charge < -0.3 is 19.9 Å². The molecule has 1 aliphatic heterocycles. The fraction of sp³-hybridized carbons (Fsp3) is 0.286. The number of fused-ring (bicyclic) bond motifs is 1. The van der Waals surface area contributed by atoms with Crippen LogP contribution in [0.3, 0.4) is 0 Å². The summed E-state index contributed by atoms with van der Waals surface area (Å²) in [7, 11) is 0. The van der Waals surface area contributed by atoms with Gasteiger partial charge in [-0.05, 0) is 38.0 Å². The third-order valence-electron chi connectivity index (χ3n) is 5.21. The van der Waals surface area contributed by atoms with E-state index in [2.05, 4.69) is 28.2 Å². The smallest absolute Gasteiger partial charge is 0.228 e. The molecule has 7 nitrogen and oxygen atoms in total. The van der Waals surface area contributed by atoms with Crippen LogP contribution in [0.15, 0.2) is 48.9 Å². The van der Waals surface area contributed by atoms with Crippen LogP contribution in [0.25, 0.3) is 15.9 Å². The van der Waals surface area contributed by atoms with Crippen molar-refractivity contribution in [3.05, 3.63) is 53.8 Å². The first kappa shape index (κ1) is 18.1. The van der Waals surface area contributed by atoms with Gasteiger partial charge in [0.25, 0.3) is 0 Å². The third kappa shape index (κ3) is 3.45. The Bertz CT molecular complexity index is 1140. The number of nitrogens with one attached hydrogen (secondary N) is 1. The summed E-state index contributed by atoms with van der Waals surface area (Å²) < 4.78 is 2.99. The number of rotatable bonds is 5. The molecular formula is C21H22N6OS. The van der Waals surface area contributed by atoms with Gasteiger partial charge in [-0.2, -0.15) is 4.98 Å². The van der Waals surface area contributed by atoms with Gasteiger partial charge in [-0.3, -0.25) is 0 Å². The molecule has 0 spiro atoms. The van der Waals surface area contributed by atoms with Gasteiger partial charge in [-0.25, -0.2) is 9.97 Å². The van der Waals surface area contributed by atoms with E-state index in [1.807, 2.05) is 41.1 Å². The van der Waals surface area contributed by atoms with Crippen molar-refractivity contribution in [3.63, 3.8) is 0 Å². The Hall–Kier alpha value is -2.97. The van der Waals surface area contributed by atoms with Crippen molar-refractivity contribution >= 4 is 39.1 Å². The quantitative estimate of drug-likeness (QED) is 0.523. The fourth-order valence-electron chi connectivity index (χ4n) is 3.79. The first-order valence-electron chi connectivity index (χ1n) is 9.73. The van der Waals surface area contributed by atoms with E-state index in [0.29, 0.717) is 5.95 Å². The third-order valence-corrected chi connectivity index (χ3v) is 6.26. The second kappa shape index (κ2) is 7.46. The van der Waals surface area contributed by atoms with Gasteiger partial charge in [0.2, 0.25) is 5.95 Å². The van der Waals surface area contributed by atoms with Crippen LogP contribution in [0, 0.1) is 6.92 Å². The lowest BCUT2D eigenvalue weighted by Crippen LogP contribution is -2.33. The highest BCUT2D eigenvalue weighted by Gasteiger charge is 2.27. The lowest BCUT2D eigenvalue weighted by molar-refractivity contribution is 0.265. The maximum Gasteiger partial charge on any atom is 0.228 e. The van der Waals surface area contributed by atoms with Gasteiger partial charge >= 0.3 is 0 Å². The molecule has 1 saturated heterocycles. The van der Waals surface area contributed by atoms with Crippen molar-refractivity contribution in [2.24, 2.45) is 0 Å². The molecule has 0 unspecified atom stereocenters. The number of hydrogen-bond donors (Lipinski definition) is 2. The first-order chi connectivity index (χ1) is 14.2. The van der Waals surface area contributed by atoms with Crippen molar-refractivity contribution in [1.29, 1.82) is 0 Å². The number of para-hydroxylation sites is 1. The Labute approximate surface area is 172 Å². The van der Waals surface area contributed by atoms with Crippen molar-refractivity contribution < 1.29 is 5.11 Å². The number of benzene rings is 1. The topological polar surface area (TPSA) is 79.1 Å². The highest BCUT2D eigenvalue weighted by Crippen LogP contribution is 2.34. The van der Waals surface area contributed by atoms with E-state index in [1.54, 1.807) is 17.7 Å². The molecular weight excluding hydrogens is 384 g/mol. The van der Waals surface area contributed by atoms with Gasteiger partial charge in [0.15, 0.2) is 5.82 Å². The second-order valence-corrected chi connectivity index (χ2v) is 8.50. The molecule has 0 amide bonds. The van der Waals surface area contributed by atoms with E-state index >= 15 is 0 Å². The molecule has 148 valence electrons. The predicted molar refractivity (Wildman–Crippen MR) is 116 cm³/mol. The van der Waals surface area contributed by atoms with E-state index in [-0.39, 0.29) is 12.6 Å². The molecule has 4 aromatic rings. The molecule has 2 N–H and O–H groups in total. The van der Waals surface area contributed by atoms with Crippen LogP contribution >= 0.6 is 11.3 Å². The number of hydrogen-bond acceptors (Lipinski definition) is 7. The van der Waals surface area contributed by atoms with E-state index < -0.39 is 0 Å². The number of imidazole rings is 1. The number of aliphatic hydroxyl groups excluding tert-OH is 1. The van der Waals surface area contributed by atoms with Crippen LogP contribution in [0.5, 0.6) is 0 Å². The number of aryl methyl sites for hydroxylation is 1. The predicted octanol–water partition coefficient (Wildman–Crippen LogP) is 3.89. The average molecular weight is 407 g/mol. The average Bonchev–Trinajstić information content (AvgIpc) is 3.47. The van der Waals surface area contributed by atoms with E-state index in [9.17, 15) is 5.11 Å². The number of nitrogens with zero attached hydrogens (tertiary/aromatic N) is 5. The number of thiophene rings is 1. The van der Waals surface area contributed by atoms with Crippen LogP contribution in [0.1, 0.15) is 17.7 Å². The van der Waals surface area contributed by atoms with Crippen LogP contribution < -0.4 is 10.2 Å². The van der Waals surface area contributed by atoms with Crippen LogP contribution in [-0.4, -0.2) is 43.8 Å². The number of anilines is 3. The summed E-state index contributed by atoms with van der Waals surface area (Å²) in [5.41, 5.74) is 1.97. The van der Waals surface area contributed by atoms with E-state index in [4.69, 9.17) is 9.97 Å². The minimum Gasteiger partial charge on any atom is -0.394 e. The maximum absolute atomic E-state index is 9.71. The molecule has 0 bridgehead atoms. The molecule has 1 aliphatic rings. The molecule has 1 atom stereocenters. The zero-order valence-electron chi connectivity index (χ0n) is 16.1. The molecule has 1 fully saturated rings. The van der Waals surface area contributed by atoms with Crippen LogP contribution in [0.4, 0.5) is 17.6 Å². The van der Waals surface area contributed by atoms with Gasteiger partial charge in [-0.1, -0.05) is 18.2 Å². The molecule has 0 saturated carbocycles. The molecule has 5 rings (SSSR count). The Morgan fingerprint density at radius 2 is 2.10 bits per heavy atom. The zero-order chi connectivity index (χ0) is 19.8. The van der Waals surface area contributed by atoms with Gasteiger partial charge in [0.05, 0.1) is 29.1 Å². The highest BCUT2D eigenvalue weighted by atomic mass is 32.1. The number of aromatic nitrogens is 4. The standard InChI is InChI=1S/C21H22N6OS/c1-14-10-17-19(29-14)20(25-21(23-17)27-9-5-8-16(27)12-28)24-18-11-26(13-22-18)15-6-3-2-4-7-15/h2-4,6-7,10-11,13,16,28H,5,8-9,12H2,1H3,(H,23,24,25)/t16-/m0/s1. The lowest BCUT2D eigenvalue weighted by Gasteiger charge is -2.23. The molecule has 4 heterocycles. The fourth-order valence-corrected chi connectivity index (χ4v) is 4.68. The van der Waals surface area contributed by atoms with Crippen molar-refractivity contribution in [2.45, 2.75) is 25.8 Å². The van der Waals surface area contributed by atoms with Crippen LogP contribution in [0.2, 0.25) is 0 Å². The maximum atomic E-state index is 9.71. The van der Waals surface area contributed by atoms with Gasteiger partial charge in [0.1, 0.15) is 12.1 Å². The normalized spacial score (nSPS) is 16.6. The summed E-state index contributed by atoms with van der Waals surface area (Å²) in [6.45, 7) is 3.06. The minimum absolute atomic E-state index is 0.0809. The zero-order valence-corrected chi connectivity index (χ0v) is 16.9. The summed E-state index contributed by atoms with van der Waals surface area (Å²) in [6, 6.07) is 12.3. The molecule has 29 heavy (non-hydrogen) atoms. The largest absolute Gasteiger partial charge is 0.394 e. The molecule has 8 heteroatoms. The van der Waals surface area contributed by atoms with Crippen molar-refractivity contribution in [2.75, 3.05) is 23.4 Å². The Morgan fingerprint density at radius 1 is 1.24 bits per heavy atom. The van der Waals surface area contributed by atoms with E-state index in [1.165, 1.54) is 4.88 Å². The van der Waals surface area contributed by atoms with E-state index in [0.717, 1.165) is 46.9 Å². The Balaban J connectivity index is 1.51. The van der Waals surface area contributed by atoms with Crippen LogP contribution in [-0.2, 0) is 0 Å². The minimum atomic E-state index is 0.0809. The summed E-state index contributed by atoms with van der Waals surface area (Å²) in [5.74, 6) is 2.15. The molecule has 3 aromatic heterocycles. The molecule has 0 radical (unpaired) electrons. The lowest BCUT2D eigenvalue weighted by atomic mass is 10.2. The number of aliphatic hydroxyl groups is 1. The first-order valence-corrected chi connectivity index (χ1v) is 10.5. The summed E-state index contributed by atoms with van der Waals surface area (Å²) in [4.78, 5) is 17.4. The van der Waals surface area contributed by atoms with Crippen molar-refractivity contribution in [1.82, 2.24) is 19.5 Å². The monoisotopic (exact) mass is 406 g/mol.